The van der Waals surface area contributed by atoms with Crippen LogP contribution < -0.4 is 10.1 Å². The second kappa shape index (κ2) is 6.74. The van der Waals surface area contributed by atoms with Gasteiger partial charge in [0, 0.05) is 11.3 Å². The smallest absolute Gasteiger partial charge is 0.267 e. The molecule has 0 aliphatic carbocycles. The lowest BCUT2D eigenvalue weighted by Gasteiger charge is -2.11. The van der Waals surface area contributed by atoms with Crippen molar-refractivity contribution in [3.05, 3.63) is 45.1 Å². The van der Waals surface area contributed by atoms with Gasteiger partial charge in [0.2, 0.25) is 0 Å². The first kappa shape index (κ1) is 14.8. The Labute approximate surface area is 126 Å². The number of halogens is 1. The van der Waals surface area contributed by atoms with Crippen LogP contribution in [0.25, 0.3) is 0 Å². The van der Waals surface area contributed by atoms with E-state index in [0.717, 1.165) is 0 Å². The second-order valence-corrected chi connectivity index (χ2v) is 5.29. The average Bonchev–Trinajstić information content (AvgIpc) is 2.87. The van der Waals surface area contributed by atoms with Crippen LogP contribution in [0, 0.1) is 0 Å². The fraction of sp³-hybridized carbons (Fsp3) is 0.214. The Morgan fingerprint density at radius 2 is 2.25 bits per heavy atom. The standard InChI is InChI=1S/C14H14ClNO3S/c1-2-19-12-4-3-10(7-9(12)8-17)16-14(18)13-11(15)5-6-20-13/h3-7,17H,2,8H2,1H3,(H,16,18). The van der Waals surface area contributed by atoms with Crippen molar-refractivity contribution in [2.24, 2.45) is 0 Å². The molecule has 0 atom stereocenters. The second-order valence-electron chi connectivity index (χ2n) is 3.97. The Morgan fingerprint density at radius 3 is 2.85 bits per heavy atom. The molecule has 0 saturated heterocycles. The lowest BCUT2D eigenvalue weighted by Crippen LogP contribution is -2.11. The average molecular weight is 312 g/mol. The zero-order valence-electron chi connectivity index (χ0n) is 10.9. The van der Waals surface area contributed by atoms with Crippen LogP contribution in [0.5, 0.6) is 5.75 Å². The summed E-state index contributed by atoms with van der Waals surface area (Å²) in [7, 11) is 0. The fourth-order valence-corrected chi connectivity index (χ4v) is 2.76. The highest BCUT2D eigenvalue weighted by Crippen LogP contribution is 2.26. The van der Waals surface area contributed by atoms with Gasteiger partial charge >= 0.3 is 0 Å². The number of hydrogen-bond acceptors (Lipinski definition) is 4. The molecule has 0 bridgehead atoms. The highest BCUT2D eigenvalue weighted by molar-refractivity contribution is 7.12. The molecule has 1 heterocycles. The van der Waals surface area contributed by atoms with Crippen LogP contribution in [0.4, 0.5) is 5.69 Å². The van der Waals surface area contributed by atoms with E-state index < -0.39 is 0 Å². The molecule has 0 spiro atoms. The summed E-state index contributed by atoms with van der Waals surface area (Å²) in [5, 5.41) is 14.3. The van der Waals surface area contributed by atoms with E-state index in [0.29, 0.717) is 33.5 Å². The summed E-state index contributed by atoms with van der Waals surface area (Å²) in [4.78, 5) is 12.5. The van der Waals surface area contributed by atoms with Crippen molar-refractivity contribution in [3.8, 4) is 5.75 Å². The van der Waals surface area contributed by atoms with Crippen molar-refractivity contribution in [2.45, 2.75) is 13.5 Å². The Morgan fingerprint density at radius 1 is 1.45 bits per heavy atom. The van der Waals surface area contributed by atoms with E-state index >= 15 is 0 Å². The topological polar surface area (TPSA) is 58.6 Å². The largest absolute Gasteiger partial charge is 0.494 e. The molecule has 106 valence electrons. The Bertz CT molecular complexity index is 612. The highest BCUT2D eigenvalue weighted by Gasteiger charge is 2.13. The molecule has 6 heteroatoms. The van der Waals surface area contributed by atoms with E-state index in [9.17, 15) is 9.90 Å². The number of anilines is 1. The van der Waals surface area contributed by atoms with E-state index in [1.165, 1.54) is 11.3 Å². The third kappa shape index (κ3) is 3.30. The van der Waals surface area contributed by atoms with Crippen LogP contribution in [0.2, 0.25) is 5.02 Å². The SMILES string of the molecule is CCOc1ccc(NC(=O)c2sccc2Cl)cc1CO. The first-order chi connectivity index (χ1) is 9.65. The minimum atomic E-state index is -0.266. The number of amides is 1. The molecular formula is C14H14ClNO3S. The third-order valence-electron chi connectivity index (χ3n) is 2.61. The first-order valence-electron chi connectivity index (χ1n) is 6.06. The van der Waals surface area contributed by atoms with Gasteiger partial charge < -0.3 is 15.2 Å². The molecule has 4 nitrogen and oxygen atoms in total. The lowest BCUT2D eigenvalue weighted by atomic mass is 10.2. The molecule has 20 heavy (non-hydrogen) atoms. The molecule has 2 aromatic rings. The van der Waals surface area contributed by atoms with E-state index in [1.807, 2.05) is 6.92 Å². The van der Waals surface area contributed by atoms with Crippen LogP contribution >= 0.6 is 22.9 Å². The molecule has 0 saturated carbocycles. The molecule has 1 aromatic heterocycles. The number of ether oxygens (including phenoxy) is 1. The van der Waals surface area contributed by atoms with Gasteiger partial charge in [-0.15, -0.1) is 11.3 Å². The molecule has 0 unspecified atom stereocenters. The summed E-state index contributed by atoms with van der Waals surface area (Å²) in [5.74, 6) is 0.347. The number of thiophene rings is 1. The van der Waals surface area contributed by atoms with Crippen LogP contribution in [0.15, 0.2) is 29.6 Å². The summed E-state index contributed by atoms with van der Waals surface area (Å²) in [6.07, 6.45) is 0. The van der Waals surface area contributed by atoms with Gasteiger partial charge in [0.05, 0.1) is 18.2 Å². The quantitative estimate of drug-likeness (QED) is 0.888. The van der Waals surface area contributed by atoms with Crippen LogP contribution in [0.1, 0.15) is 22.2 Å². The zero-order valence-corrected chi connectivity index (χ0v) is 12.4. The summed E-state index contributed by atoms with van der Waals surface area (Å²) >= 11 is 7.20. The van der Waals surface area contributed by atoms with Gasteiger partial charge in [-0.25, -0.2) is 0 Å². The molecule has 1 aromatic carbocycles. The maximum absolute atomic E-state index is 12.0. The lowest BCUT2D eigenvalue weighted by molar-refractivity contribution is 0.103. The molecule has 1 amide bonds. The minimum absolute atomic E-state index is 0.154. The first-order valence-corrected chi connectivity index (χ1v) is 7.32. The number of hydrogen-bond donors (Lipinski definition) is 2. The number of nitrogens with one attached hydrogen (secondary N) is 1. The highest BCUT2D eigenvalue weighted by atomic mass is 35.5. The number of carbonyl (C=O) groups is 1. The predicted octanol–water partition coefficient (Wildman–Crippen LogP) is 3.54. The minimum Gasteiger partial charge on any atom is -0.494 e. The van der Waals surface area contributed by atoms with Crippen molar-refractivity contribution in [1.29, 1.82) is 0 Å². The normalized spacial score (nSPS) is 10.3. The monoisotopic (exact) mass is 311 g/mol. The van der Waals surface area contributed by atoms with E-state index in [2.05, 4.69) is 5.32 Å². The number of benzene rings is 1. The summed E-state index contributed by atoms with van der Waals surface area (Å²) in [6.45, 7) is 2.23. The fourth-order valence-electron chi connectivity index (χ4n) is 1.72. The Hall–Kier alpha value is -1.56. The molecule has 2 N–H and O–H groups in total. The van der Waals surface area contributed by atoms with E-state index in [1.54, 1.807) is 29.6 Å². The third-order valence-corrected chi connectivity index (χ3v) is 3.95. The van der Waals surface area contributed by atoms with Gasteiger partial charge in [0.25, 0.3) is 5.91 Å². The molecule has 0 fully saturated rings. The summed E-state index contributed by atoms with van der Waals surface area (Å²) in [6, 6.07) is 6.81. The zero-order chi connectivity index (χ0) is 14.5. The Kier molecular flexibility index (Phi) is 5.00. The van der Waals surface area contributed by atoms with Crippen LogP contribution in [-0.4, -0.2) is 17.6 Å². The van der Waals surface area contributed by atoms with Crippen molar-refractivity contribution >= 4 is 34.5 Å². The number of rotatable bonds is 5. The molecule has 0 radical (unpaired) electrons. The molecule has 2 rings (SSSR count). The van der Waals surface area contributed by atoms with E-state index in [4.69, 9.17) is 16.3 Å². The summed E-state index contributed by atoms with van der Waals surface area (Å²) in [5.41, 5.74) is 1.22. The van der Waals surface area contributed by atoms with Gasteiger partial charge in [-0.05, 0) is 36.6 Å². The number of aliphatic hydroxyl groups excluding tert-OH is 1. The molecule has 0 aliphatic heterocycles. The van der Waals surface area contributed by atoms with E-state index in [-0.39, 0.29) is 12.5 Å². The van der Waals surface area contributed by atoms with Crippen molar-refractivity contribution in [1.82, 2.24) is 0 Å². The Balaban J connectivity index is 2.18. The number of aliphatic hydroxyl groups is 1. The van der Waals surface area contributed by atoms with Gasteiger partial charge in [-0.1, -0.05) is 11.6 Å². The van der Waals surface area contributed by atoms with Crippen LogP contribution in [0.3, 0.4) is 0 Å². The van der Waals surface area contributed by atoms with Crippen molar-refractivity contribution in [2.75, 3.05) is 11.9 Å². The van der Waals surface area contributed by atoms with Crippen molar-refractivity contribution in [3.63, 3.8) is 0 Å². The van der Waals surface area contributed by atoms with Gasteiger partial charge in [-0.2, -0.15) is 0 Å². The maximum Gasteiger partial charge on any atom is 0.267 e. The molecular weight excluding hydrogens is 298 g/mol. The maximum atomic E-state index is 12.0. The number of carbonyl (C=O) groups excluding carboxylic acids is 1. The van der Waals surface area contributed by atoms with Gasteiger partial charge in [0.15, 0.2) is 0 Å². The van der Waals surface area contributed by atoms with Crippen molar-refractivity contribution < 1.29 is 14.6 Å². The van der Waals surface area contributed by atoms with Gasteiger partial charge in [-0.3, -0.25) is 4.79 Å². The predicted molar refractivity (Wildman–Crippen MR) is 80.8 cm³/mol. The van der Waals surface area contributed by atoms with Gasteiger partial charge in [0.1, 0.15) is 10.6 Å². The molecule has 0 aliphatic rings. The summed E-state index contributed by atoms with van der Waals surface area (Å²) < 4.78 is 5.39. The van der Waals surface area contributed by atoms with Crippen LogP contribution in [-0.2, 0) is 6.61 Å².